The van der Waals surface area contributed by atoms with Gasteiger partial charge >= 0.3 is 0 Å². The molecule has 3 rings (SSSR count). The summed E-state index contributed by atoms with van der Waals surface area (Å²) in [6.07, 6.45) is 0.934. The minimum absolute atomic E-state index is 0.107. The van der Waals surface area contributed by atoms with E-state index < -0.39 is 5.41 Å². The van der Waals surface area contributed by atoms with Gasteiger partial charge < -0.3 is 24.2 Å². The molecule has 2 N–H and O–H groups in total. The predicted octanol–water partition coefficient (Wildman–Crippen LogP) is 2.09. The van der Waals surface area contributed by atoms with Crippen LogP contribution in [-0.2, 0) is 18.5 Å². The van der Waals surface area contributed by atoms with Gasteiger partial charge in [-0.1, -0.05) is 0 Å². The van der Waals surface area contributed by atoms with E-state index in [-0.39, 0.29) is 33.7 Å². The zero-order chi connectivity index (χ0) is 21.5. The van der Waals surface area contributed by atoms with Gasteiger partial charge in [-0.25, -0.2) is 0 Å². The topological polar surface area (TPSA) is 87.7 Å². The molecule has 0 aromatic carbocycles. The third-order valence-corrected chi connectivity index (χ3v) is 6.40. The highest BCUT2D eigenvalue weighted by molar-refractivity contribution is 5.51. The quantitative estimate of drug-likeness (QED) is 0.819. The molecule has 0 bridgehead atoms. The lowest BCUT2D eigenvalue weighted by Gasteiger charge is -2.41. The Morgan fingerprint density at radius 3 is 1.59 bits per heavy atom. The van der Waals surface area contributed by atoms with E-state index in [0.717, 1.165) is 0 Å². The van der Waals surface area contributed by atoms with E-state index in [0.29, 0.717) is 50.4 Å². The summed E-state index contributed by atoms with van der Waals surface area (Å²) in [7, 11) is 1.99. The van der Waals surface area contributed by atoms with Crippen molar-refractivity contribution in [2.24, 2.45) is 0 Å². The Hall–Kier alpha value is -2.54. The molecule has 0 spiro atoms. The van der Waals surface area contributed by atoms with Crippen molar-refractivity contribution in [3.8, 4) is 11.5 Å². The van der Waals surface area contributed by atoms with Crippen molar-refractivity contribution in [3.05, 3.63) is 55.4 Å². The lowest BCUT2D eigenvalue weighted by Crippen LogP contribution is -2.48. The first kappa shape index (κ1) is 21.2. The predicted molar refractivity (Wildman–Crippen MR) is 113 cm³/mol. The van der Waals surface area contributed by atoms with Crippen LogP contribution < -0.4 is 11.1 Å². The first-order valence-electron chi connectivity index (χ1n) is 10.2. The molecule has 2 aromatic heterocycles. The van der Waals surface area contributed by atoms with Crippen molar-refractivity contribution in [2.75, 3.05) is 20.1 Å². The SMILES string of the molecule is CCn1c(C)cc(O)c(C2(c3c(O)cc(C)n(CC)c3=O)CCN(C)CC2)c1=O. The maximum absolute atomic E-state index is 13.4. The minimum atomic E-state index is -1.04. The number of aromatic nitrogens is 2. The van der Waals surface area contributed by atoms with Crippen LogP contribution in [0.2, 0.25) is 0 Å². The highest BCUT2D eigenvalue weighted by Gasteiger charge is 2.45. The third-order valence-electron chi connectivity index (χ3n) is 6.40. The van der Waals surface area contributed by atoms with E-state index in [2.05, 4.69) is 4.90 Å². The maximum Gasteiger partial charge on any atom is 0.258 e. The van der Waals surface area contributed by atoms with E-state index in [9.17, 15) is 19.8 Å². The molecule has 0 saturated carbocycles. The molecule has 0 aliphatic carbocycles. The summed E-state index contributed by atoms with van der Waals surface area (Å²) < 4.78 is 3.22. The molecule has 158 valence electrons. The van der Waals surface area contributed by atoms with Gasteiger partial charge in [0.25, 0.3) is 11.1 Å². The first-order valence-corrected chi connectivity index (χ1v) is 10.2. The van der Waals surface area contributed by atoms with Gasteiger partial charge in [0.05, 0.1) is 11.1 Å². The Labute approximate surface area is 170 Å². The summed E-state index contributed by atoms with van der Waals surface area (Å²) >= 11 is 0. The highest BCUT2D eigenvalue weighted by Crippen LogP contribution is 2.45. The number of rotatable bonds is 4. The molecule has 0 amide bonds. The molecule has 3 heterocycles. The first-order chi connectivity index (χ1) is 13.7. The van der Waals surface area contributed by atoms with Gasteiger partial charge in [-0.15, -0.1) is 0 Å². The number of piperidine rings is 1. The Balaban J connectivity index is 2.44. The van der Waals surface area contributed by atoms with Crippen molar-refractivity contribution in [3.63, 3.8) is 0 Å². The van der Waals surface area contributed by atoms with E-state index in [1.165, 1.54) is 0 Å². The number of hydrogen-bond donors (Lipinski definition) is 2. The second-order valence-corrected chi connectivity index (χ2v) is 8.08. The standard InChI is InChI=1S/C22H31N3O4/c1-6-24-14(3)12-16(26)18(20(24)28)22(8-10-23(5)11-9-22)19-17(27)13-15(4)25(7-2)21(19)29/h12-13,26-27H,6-11H2,1-5H3. The Bertz CT molecular complexity index is 968. The van der Waals surface area contributed by atoms with Gasteiger partial charge in [0.15, 0.2) is 0 Å². The van der Waals surface area contributed by atoms with Crippen molar-refractivity contribution in [1.82, 2.24) is 14.0 Å². The fourth-order valence-electron chi connectivity index (χ4n) is 4.82. The van der Waals surface area contributed by atoms with Gasteiger partial charge in [0, 0.05) is 29.9 Å². The van der Waals surface area contributed by atoms with Crippen LogP contribution in [0.15, 0.2) is 21.7 Å². The molecule has 1 saturated heterocycles. The van der Waals surface area contributed by atoms with Crippen LogP contribution in [0, 0.1) is 13.8 Å². The van der Waals surface area contributed by atoms with E-state index in [1.54, 1.807) is 35.1 Å². The van der Waals surface area contributed by atoms with Crippen molar-refractivity contribution < 1.29 is 10.2 Å². The lowest BCUT2D eigenvalue weighted by atomic mass is 9.67. The summed E-state index contributed by atoms with van der Waals surface area (Å²) in [6.45, 7) is 9.55. The molecule has 0 radical (unpaired) electrons. The molecular formula is C22H31N3O4. The minimum Gasteiger partial charge on any atom is -0.507 e. The molecule has 7 heteroatoms. The monoisotopic (exact) mass is 401 g/mol. The van der Waals surface area contributed by atoms with Gasteiger partial charge in [-0.2, -0.15) is 0 Å². The van der Waals surface area contributed by atoms with Crippen molar-refractivity contribution in [2.45, 2.75) is 59.0 Å². The van der Waals surface area contributed by atoms with E-state index >= 15 is 0 Å². The van der Waals surface area contributed by atoms with Gasteiger partial charge in [0.2, 0.25) is 0 Å². The molecule has 0 atom stereocenters. The average molecular weight is 402 g/mol. The van der Waals surface area contributed by atoms with Gasteiger partial charge in [0.1, 0.15) is 11.5 Å². The summed E-state index contributed by atoms with van der Waals surface area (Å²) in [5.74, 6) is -0.214. The largest absolute Gasteiger partial charge is 0.507 e. The molecule has 7 nitrogen and oxygen atoms in total. The van der Waals surface area contributed by atoms with E-state index in [4.69, 9.17) is 0 Å². The average Bonchev–Trinajstić information content (AvgIpc) is 2.64. The van der Waals surface area contributed by atoms with Crippen LogP contribution in [0.4, 0.5) is 0 Å². The lowest BCUT2D eigenvalue weighted by molar-refractivity contribution is 0.204. The highest BCUT2D eigenvalue weighted by atomic mass is 16.3. The zero-order valence-electron chi connectivity index (χ0n) is 17.9. The van der Waals surface area contributed by atoms with Gasteiger partial charge in [-0.05, 0) is 72.8 Å². The summed E-state index contributed by atoms with van der Waals surface area (Å²) in [4.78, 5) is 29.0. The molecule has 2 aromatic rings. The van der Waals surface area contributed by atoms with Crippen molar-refractivity contribution >= 4 is 0 Å². The van der Waals surface area contributed by atoms with Gasteiger partial charge in [-0.3, -0.25) is 9.59 Å². The number of likely N-dealkylation sites (tertiary alicyclic amines) is 1. The van der Waals surface area contributed by atoms with E-state index in [1.807, 2.05) is 20.9 Å². The molecule has 29 heavy (non-hydrogen) atoms. The smallest absolute Gasteiger partial charge is 0.258 e. The Morgan fingerprint density at radius 1 is 0.862 bits per heavy atom. The summed E-state index contributed by atoms with van der Waals surface area (Å²) in [5.41, 5.74) is 0.147. The molecular weight excluding hydrogens is 370 g/mol. The van der Waals surface area contributed by atoms with Crippen LogP contribution in [0.5, 0.6) is 11.5 Å². The fourth-order valence-corrected chi connectivity index (χ4v) is 4.82. The second kappa shape index (κ2) is 7.71. The summed E-state index contributed by atoms with van der Waals surface area (Å²) in [6, 6.07) is 3.17. The number of aromatic hydroxyl groups is 2. The molecule has 1 aliphatic rings. The zero-order valence-corrected chi connectivity index (χ0v) is 17.9. The third kappa shape index (κ3) is 3.27. The van der Waals surface area contributed by atoms with Crippen LogP contribution in [0.1, 0.15) is 49.2 Å². The van der Waals surface area contributed by atoms with Crippen molar-refractivity contribution in [1.29, 1.82) is 0 Å². The maximum atomic E-state index is 13.4. The summed E-state index contributed by atoms with van der Waals surface area (Å²) in [5, 5.41) is 21.8. The van der Waals surface area contributed by atoms with Crippen LogP contribution in [0.3, 0.4) is 0 Å². The number of nitrogens with zero attached hydrogens (tertiary/aromatic N) is 3. The molecule has 1 fully saturated rings. The number of pyridine rings is 2. The molecule has 1 aliphatic heterocycles. The number of hydrogen-bond acceptors (Lipinski definition) is 5. The van der Waals surface area contributed by atoms with Crippen LogP contribution >= 0.6 is 0 Å². The van der Waals surface area contributed by atoms with Crippen LogP contribution in [-0.4, -0.2) is 44.4 Å². The number of aryl methyl sites for hydroxylation is 2. The molecule has 0 unspecified atom stereocenters. The fraction of sp³-hybridized carbons (Fsp3) is 0.545. The Morgan fingerprint density at radius 2 is 1.24 bits per heavy atom. The van der Waals surface area contributed by atoms with Crippen LogP contribution in [0.25, 0.3) is 0 Å². The Kier molecular flexibility index (Phi) is 5.63. The normalized spacial score (nSPS) is 16.9. The second-order valence-electron chi connectivity index (χ2n) is 8.08.